The van der Waals surface area contributed by atoms with Crippen molar-refractivity contribution in [1.82, 2.24) is 0 Å². The first-order valence-electron chi connectivity index (χ1n) is 9.26. The SMILES string of the molecule is CCOC(=O)[C@H]1C(=O)C=C(c2ccccc2)C[C@@H]1c1cc(OC)cc(OC)c1. The molecule has 0 heterocycles. The molecule has 0 saturated carbocycles. The first-order valence-corrected chi connectivity index (χ1v) is 9.26. The maximum Gasteiger partial charge on any atom is 0.317 e. The summed E-state index contributed by atoms with van der Waals surface area (Å²) >= 11 is 0. The Hall–Kier alpha value is -3.08. The minimum atomic E-state index is -0.885. The number of benzene rings is 2. The van der Waals surface area contributed by atoms with Crippen molar-refractivity contribution < 1.29 is 23.8 Å². The smallest absolute Gasteiger partial charge is 0.317 e. The zero-order valence-corrected chi connectivity index (χ0v) is 16.3. The Morgan fingerprint density at radius 3 is 2.25 bits per heavy atom. The van der Waals surface area contributed by atoms with Gasteiger partial charge in [-0.2, -0.15) is 0 Å². The molecule has 0 amide bonds. The van der Waals surface area contributed by atoms with E-state index in [-0.39, 0.29) is 18.3 Å². The largest absolute Gasteiger partial charge is 0.497 e. The number of carbonyl (C=O) groups excluding carboxylic acids is 2. The van der Waals surface area contributed by atoms with Gasteiger partial charge in [-0.1, -0.05) is 30.3 Å². The fraction of sp³-hybridized carbons (Fsp3) is 0.304. The minimum Gasteiger partial charge on any atom is -0.497 e. The summed E-state index contributed by atoms with van der Waals surface area (Å²) in [6.45, 7) is 1.96. The molecule has 5 nitrogen and oxygen atoms in total. The Labute approximate surface area is 164 Å². The number of ketones is 1. The summed E-state index contributed by atoms with van der Waals surface area (Å²) in [6, 6.07) is 15.2. The second kappa shape index (κ2) is 8.74. The molecule has 28 heavy (non-hydrogen) atoms. The predicted molar refractivity (Wildman–Crippen MR) is 106 cm³/mol. The molecule has 1 aliphatic rings. The van der Waals surface area contributed by atoms with Crippen LogP contribution in [0.1, 0.15) is 30.4 Å². The van der Waals surface area contributed by atoms with Crippen LogP contribution < -0.4 is 9.47 Å². The third-order valence-electron chi connectivity index (χ3n) is 4.95. The summed E-state index contributed by atoms with van der Waals surface area (Å²) in [4.78, 5) is 25.6. The van der Waals surface area contributed by atoms with E-state index in [2.05, 4.69) is 0 Å². The van der Waals surface area contributed by atoms with Crippen LogP contribution in [0.15, 0.2) is 54.6 Å². The highest BCUT2D eigenvalue weighted by molar-refractivity contribution is 6.10. The van der Waals surface area contributed by atoms with Gasteiger partial charge in [0.25, 0.3) is 0 Å². The zero-order valence-electron chi connectivity index (χ0n) is 16.3. The highest BCUT2D eigenvalue weighted by Gasteiger charge is 2.40. The lowest BCUT2D eigenvalue weighted by atomic mass is 9.73. The van der Waals surface area contributed by atoms with Gasteiger partial charge in [-0.15, -0.1) is 0 Å². The molecule has 5 heteroatoms. The Morgan fingerprint density at radius 1 is 1.04 bits per heavy atom. The second-order valence-corrected chi connectivity index (χ2v) is 6.62. The number of esters is 1. The average molecular weight is 380 g/mol. The first-order chi connectivity index (χ1) is 13.6. The van der Waals surface area contributed by atoms with Crippen LogP contribution in [0.4, 0.5) is 0 Å². The highest BCUT2D eigenvalue weighted by atomic mass is 16.5. The van der Waals surface area contributed by atoms with Gasteiger partial charge in [-0.25, -0.2) is 0 Å². The Balaban J connectivity index is 2.08. The van der Waals surface area contributed by atoms with Crippen LogP contribution in [0.5, 0.6) is 11.5 Å². The van der Waals surface area contributed by atoms with Gasteiger partial charge >= 0.3 is 5.97 Å². The third kappa shape index (κ3) is 4.09. The fourth-order valence-electron chi connectivity index (χ4n) is 3.59. The standard InChI is InChI=1S/C23H24O5/c1-4-28-23(25)22-20(17-10-18(26-2)14-19(11-17)27-3)12-16(13-21(22)24)15-8-6-5-7-9-15/h5-11,13-14,20,22H,4,12H2,1-3H3/t20-,22-/m1/s1. The van der Waals surface area contributed by atoms with Gasteiger partial charge in [-0.3, -0.25) is 9.59 Å². The molecule has 1 aliphatic carbocycles. The molecule has 2 aromatic carbocycles. The van der Waals surface area contributed by atoms with Gasteiger partial charge in [0, 0.05) is 12.0 Å². The van der Waals surface area contributed by atoms with Crippen LogP contribution in [0.25, 0.3) is 5.57 Å². The average Bonchev–Trinajstić information content (AvgIpc) is 2.73. The molecule has 146 valence electrons. The highest BCUT2D eigenvalue weighted by Crippen LogP contribution is 2.42. The van der Waals surface area contributed by atoms with Crippen LogP contribution in [-0.2, 0) is 14.3 Å². The number of methoxy groups -OCH3 is 2. The van der Waals surface area contributed by atoms with Crippen LogP contribution in [0, 0.1) is 5.92 Å². The molecule has 0 aromatic heterocycles. The number of hydrogen-bond acceptors (Lipinski definition) is 5. The molecule has 3 rings (SSSR count). The van der Waals surface area contributed by atoms with Crippen molar-refractivity contribution in [3.63, 3.8) is 0 Å². The monoisotopic (exact) mass is 380 g/mol. The quantitative estimate of drug-likeness (QED) is 0.559. The van der Waals surface area contributed by atoms with Crippen molar-refractivity contribution >= 4 is 17.3 Å². The summed E-state index contributed by atoms with van der Waals surface area (Å²) < 4.78 is 16.0. The van der Waals surface area contributed by atoms with E-state index in [1.54, 1.807) is 33.3 Å². The lowest BCUT2D eigenvalue weighted by molar-refractivity contribution is -0.151. The molecule has 0 bridgehead atoms. The van der Waals surface area contributed by atoms with Crippen LogP contribution in [0.3, 0.4) is 0 Å². The molecular weight excluding hydrogens is 356 g/mol. The lowest BCUT2D eigenvalue weighted by Gasteiger charge is -2.30. The molecule has 0 aliphatic heterocycles. The predicted octanol–water partition coefficient (Wildman–Crippen LogP) is 4.02. The van der Waals surface area contributed by atoms with Gasteiger partial charge < -0.3 is 14.2 Å². The van der Waals surface area contributed by atoms with E-state index >= 15 is 0 Å². The third-order valence-corrected chi connectivity index (χ3v) is 4.95. The number of hydrogen-bond donors (Lipinski definition) is 0. The van der Waals surface area contributed by atoms with E-state index in [9.17, 15) is 9.59 Å². The Morgan fingerprint density at radius 2 is 1.68 bits per heavy atom. The Bertz CT molecular complexity index is 863. The van der Waals surface area contributed by atoms with E-state index in [0.717, 1.165) is 16.7 Å². The first kappa shape index (κ1) is 19.7. The van der Waals surface area contributed by atoms with Crippen LogP contribution >= 0.6 is 0 Å². The van der Waals surface area contributed by atoms with E-state index in [4.69, 9.17) is 14.2 Å². The van der Waals surface area contributed by atoms with Crippen LogP contribution in [0.2, 0.25) is 0 Å². The summed E-state index contributed by atoms with van der Waals surface area (Å²) in [7, 11) is 3.14. The molecule has 0 saturated heterocycles. The van der Waals surface area contributed by atoms with Gasteiger partial charge in [0.1, 0.15) is 17.4 Å². The van der Waals surface area contributed by atoms with Gasteiger partial charge in [0.15, 0.2) is 5.78 Å². The lowest BCUT2D eigenvalue weighted by Crippen LogP contribution is -2.34. The number of ether oxygens (including phenoxy) is 3. The van der Waals surface area contributed by atoms with E-state index < -0.39 is 11.9 Å². The van der Waals surface area contributed by atoms with E-state index in [0.29, 0.717) is 17.9 Å². The molecule has 0 fully saturated rings. The number of allylic oxidation sites excluding steroid dienone is 2. The fourth-order valence-corrected chi connectivity index (χ4v) is 3.59. The number of carbonyl (C=O) groups is 2. The van der Waals surface area contributed by atoms with Crippen molar-refractivity contribution in [2.24, 2.45) is 5.92 Å². The van der Waals surface area contributed by atoms with Crippen molar-refractivity contribution in [1.29, 1.82) is 0 Å². The minimum absolute atomic E-state index is 0.228. The van der Waals surface area contributed by atoms with Crippen molar-refractivity contribution in [3.05, 3.63) is 65.7 Å². The molecule has 0 spiro atoms. The number of rotatable bonds is 6. The topological polar surface area (TPSA) is 61.8 Å². The maximum atomic E-state index is 12.9. The molecule has 0 unspecified atom stereocenters. The molecular formula is C23H24O5. The summed E-state index contributed by atoms with van der Waals surface area (Å²) in [5.41, 5.74) is 2.68. The summed E-state index contributed by atoms with van der Waals surface area (Å²) in [5, 5.41) is 0. The van der Waals surface area contributed by atoms with Crippen molar-refractivity contribution in [3.8, 4) is 11.5 Å². The molecule has 0 N–H and O–H groups in total. The van der Waals surface area contributed by atoms with E-state index in [1.165, 1.54) is 0 Å². The van der Waals surface area contributed by atoms with Crippen LogP contribution in [-0.4, -0.2) is 32.6 Å². The van der Waals surface area contributed by atoms with Gasteiger partial charge in [0.2, 0.25) is 0 Å². The van der Waals surface area contributed by atoms with Crippen molar-refractivity contribution in [2.75, 3.05) is 20.8 Å². The molecule has 0 radical (unpaired) electrons. The maximum absolute atomic E-state index is 12.9. The Kier molecular flexibility index (Phi) is 6.14. The van der Waals surface area contributed by atoms with Gasteiger partial charge in [-0.05, 0) is 48.3 Å². The van der Waals surface area contributed by atoms with E-state index in [1.807, 2.05) is 42.5 Å². The summed E-state index contributed by atoms with van der Waals surface area (Å²) in [6.07, 6.45) is 2.11. The normalized spacial score (nSPS) is 19.0. The zero-order chi connectivity index (χ0) is 20.1. The van der Waals surface area contributed by atoms with Gasteiger partial charge in [0.05, 0.1) is 20.8 Å². The molecule has 2 aromatic rings. The van der Waals surface area contributed by atoms with Crippen molar-refractivity contribution in [2.45, 2.75) is 19.3 Å². The molecule has 2 atom stereocenters. The second-order valence-electron chi connectivity index (χ2n) is 6.62. The summed E-state index contributed by atoms with van der Waals surface area (Å²) in [5.74, 6) is -0.765.